The molecule has 0 radical (unpaired) electrons. The number of aryl methyl sites for hydroxylation is 1. The summed E-state index contributed by atoms with van der Waals surface area (Å²) in [6.45, 7) is 2.48. The summed E-state index contributed by atoms with van der Waals surface area (Å²) in [6.07, 6.45) is 1.93. The maximum Gasteiger partial charge on any atom is 0.258 e. The second-order valence-corrected chi connectivity index (χ2v) is 11.3. The van der Waals surface area contributed by atoms with Crippen LogP contribution in [0.25, 0.3) is 0 Å². The zero-order chi connectivity index (χ0) is 23.9. The number of rotatable bonds is 8. The van der Waals surface area contributed by atoms with Crippen molar-refractivity contribution in [1.29, 1.82) is 0 Å². The number of ether oxygens (including phenoxy) is 1. The molecule has 1 heterocycles. The van der Waals surface area contributed by atoms with Gasteiger partial charge in [0.2, 0.25) is 5.91 Å². The van der Waals surface area contributed by atoms with Gasteiger partial charge in [-0.25, -0.2) is 4.39 Å². The Morgan fingerprint density at radius 1 is 1.24 bits per heavy atom. The molecule has 2 bridgehead atoms. The minimum Gasteiger partial charge on any atom is -0.484 e. The van der Waals surface area contributed by atoms with Crippen molar-refractivity contribution in [3.63, 3.8) is 0 Å². The minimum atomic E-state index is -0.593. The molecule has 3 N–H and O–H groups in total. The molecule has 4 aliphatic rings. The van der Waals surface area contributed by atoms with Gasteiger partial charge in [0.05, 0.1) is 15.8 Å². The minimum absolute atomic E-state index is 0.00260. The van der Waals surface area contributed by atoms with Gasteiger partial charge in [0.25, 0.3) is 5.91 Å². The molecule has 3 saturated carbocycles. The molecule has 4 fully saturated rings. The van der Waals surface area contributed by atoms with Crippen LogP contribution in [0.4, 0.5) is 4.39 Å². The van der Waals surface area contributed by atoms with Crippen molar-refractivity contribution in [2.24, 2.45) is 5.41 Å². The van der Waals surface area contributed by atoms with Crippen LogP contribution in [-0.2, 0) is 9.59 Å². The second kappa shape index (κ2) is 9.06. The van der Waals surface area contributed by atoms with E-state index in [4.69, 9.17) is 16.3 Å². The van der Waals surface area contributed by atoms with E-state index in [-0.39, 0.29) is 51.6 Å². The summed E-state index contributed by atoms with van der Waals surface area (Å²) in [6, 6.07) is 12.8. The lowest BCUT2D eigenvalue weighted by atomic mass is 9.39. The maximum atomic E-state index is 13.5. The molecule has 2 amide bonds. The van der Waals surface area contributed by atoms with Crippen LogP contribution in [0, 0.1) is 18.2 Å². The van der Waals surface area contributed by atoms with Gasteiger partial charge in [-0.2, -0.15) is 0 Å². The summed E-state index contributed by atoms with van der Waals surface area (Å²) in [4.78, 5) is 25.1. The van der Waals surface area contributed by atoms with Crippen molar-refractivity contribution in [2.45, 2.75) is 43.1 Å². The summed E-state index contributed by atoms with van der Waals surface area (Å²) in [5.74, 6) is 0.391. The molecule has 6 nitrogen and oxygen atoms in total. The number of hydrogen-bond donors (Lipinski definition) is 3. The van der Waals surface area contributed by atoms with E-state index in [0.29, 0.717) is 25.8 Å². The van der Waals surface area contributed by atoms with Crippen molar-refractivity contribution in [2.75, 3.05) is 18.9 Å². The highest BCUT2D eigenvalue weighted by Crippen LogP contribution is 2.67. The molecule has 0 aromatic heterocycles. The number of benzene rings is 2. The Bertz CT molecular complexity index is 1110. The molecule has 2 atom stereocenters. The van der Waals surface area contributed by atoms with E-state index >= 15 is 0 Å². The van der Waals surface area contributed by atoms with Crippen molar-refractivity contribution in [1.82, 2.24) is 16.0 Å². The predicted molar refractivity (Wildman–Crippen MR) is 130 cm³/mol. The third kappa shape index (κ3) is 4.63. The Hall–Kier alpha value is -2.29. The highest BCUT2D eigenvalue weighted by molar-refractivity contribution is 7.99. The first-order chi connectivity index (χ1) is 16.3. The predicted octanol–water partition coefficient (Wildman–Crippen LogP) is 3.73. The maximum absolute atomic E-state index is 13.5. The van der Waals surface area contributed by atoms with E-state index in [2.05, 4.69) is 47.1 Å². The van der Waals surface area contributed by atoms with Gasteiger partial charge >= 0.3 is 0 Å². The van der Waals surface area contributed by atoms with Gasteiger partial charge in [-0.1, -0.05) is 41.4 Å². The molecule has 9 heteroatoms. The summed E-state index contributed by atoms with van der Waals surface area (Å²) < 4.78 is 18.8. The molecular formula is C25H27ClFN3O3S. The van der Waals surface area contributed by atoms with Crippen LogP contribution < -0.4 is 20.7 Å². The van der Waals surface area contributed by atoms with Gasteiger partial charge in [0, 0.05) is 29.9 Å². The quantitative estimate of drug-likeness (QED) is 0.511. The second-order valence-electron chi connectivity index (χ2n) is 9.70. The standard InChI is InChI=1S/C25H27ClFN3O3S/c1-15-3-2-4-16(7-15)22-29-17(11-34-22)9-28-23(32)24-12-25(13-24,14-24)30-21(31)10-33-18-5-6-19(26)20(27)8-18/h2-8,17,22,29H,9-14H2,1H3,(H,28,32)(H,30,31). The van der Waals surface area contributed by atoms with E-state index in [1.165, 1.54) is 23.3 Å². The van der Waals surface area contributed by atoms with Gasteiger partial charge in [-0.05, 0) is 43.9 Å². The van der Waals surface area contributed by atoms with E-state index in [1.54, 1.807) is 0 Å². The van der Waals surface area contributed by atoms with Gasteiger partial charge in [0.1, 0.15) is 11.6 Å². The molecule has 1 aliphatic heterocycles. The fraction of sp³-hybridized carbons (Fsp3) is 0.440. The fourth-order valence-electron chi connectivity index (χ4n) is 5.28. The monoisotopic (exact) mass is 503 g/mol. The van der Waals surface area contributed by atoms with Crippen molar-refractivity contribution in [3.05, 3.63) is 64.4 Å². The van der Waals surface area contributed by atoms with Crippen LogP contribution in [-0.4, -0.2) is 42.3 Å². The van der Waals surface area contributed by atoms with E-state index in [9.17, 15) is 14.0 Å². The molecule has 6 rings (SSSR count). The molecule has 2 unspecified atom stereocenters. The van der Waals surface area contributed by atoms with E-state index < -0.39 is 5.82 Å². The molecule has 3 aliphatic carbocycles. The number of halogens is 2. The molecule has 34 heavy (non-hydrogen) atoms. The highest BCUT2D eigenvalue weighted by Gasteiger charge is 2.72. The van der Waals surface area contributed by atoms with Gasteiger partial charge < -0.3 is 15.4 Å². The van der Waals surface area contributed by atoms with Crippen molar-refractivity contribution in [3.8, 4) is 5.75 Å². The molecular weight excluding hydrogens is 477 g/mol. The Kier molecular flexibility index (Phi) is 6.25. The lowest BCUT2D eigenvalue weighted by Gasteiger charge is -2.69. The highest BCUT2D eigenvalue weighted by atomic mass is 35.5. The third-order valence-corrected chi connectivity index (χ3v) is 8.53. The largest absolute Gasteiger partial charge is 0.484 e. The smallest absolute Gasteiger partial charge is 0.258 e. The van der Waals surface area contributed by atoms with Crippen LogP contribution in [0.1, 0.15) is 35.8 Å². The first-order valence-electron chi connectivity index (χ1n) is 11.4. The normalized spacial score (nSPS) is 29.0. The van der Waals surface area contributed by atoms with Gasteiger partial charge in [0.15, 0.2) is 6.61 Å². The average molecular weight is 504 g/mol. The summed E-state index contributed by atoms with van der Waals surface area (Å²) >= 11 is 7.51. The fourth-order valence-corrected chi connectivity index (χ4v) is 6.66. The average Bonchev–Trinajstić information content (AvgIpc) is 3.23. The number of carbonyl (C=O) groups excluding carboxylic acids is 2. The summed E-state index contributed by atoms with van der Waals surface area (Å²) in [5, 5.41) is 9.96. The van der Waals surface area contributed by atoms with Crippen LogP contribution in [0.15, 0.2) is 42.5 Å². The third-order valence-electron chi connectivity index (χ3n) is 6.88. The molecule has 1 saturated heterocycles. The van der Waals surface area contributed by atoms with Crippen LogP contribution in [0.2, 0.25) is 5.02 Å². The molecule has 2 aromatic carbocycles. The first kappa shape index (κ1) is 23.5. The SMILES string of the molecule is Cc1cccc(C2NC(CNC(=O)C34CC(NC(=O)COc5ccc(Cl)c(F)c5)(C3)C4)CS2)c1. The molecule has 2 aromatic rings. The molecule has 0 spiro atoms. The molecule has 180 valence electrons. The first-order valence-corrected chi connectivity index (χ1v) is 12.8. The van der Waals surface area contributed by atoms with Crippen LogP contribution in [0.3, 0.4) is 0 Å². The van der Waals surface area contributed by atoms with Gasteiger partial charge in [-0.15, -0.1) is 11.8 Å². The Labute approximate surface area is 207 Å². The topological polar surface area (TPSA) is 79.5 Å². The van der Waals surface area contributed by atoms with Crippen molar-refractivity contribution < 1.29 is 18.7 Å². The van der Waals surface area contributed by atoms with E-state index in [1.807, 2.05) is 11.8 Å². The lowest BCUT2D eigenvalue weighted by molar-refractivity contribution is -0.184. The van der Waals surface area contributed by atoms with Crippen LogP contribution in [0.5, 0.6) is 5.75 Å². The number of carbonyl (C=O) groups is 2. The lowest BCUT2D eigenvalue weighted by Crippen LogP contribution is -2.78. The number of hydrogen-bond acceptors (Lipinski definition) is 5. The number of nitrogens with one attached hydrogen (secondary N) is 3. The van der Waals surface area contributed by atoms with E-state index in [0.717, 1.165) is 11.8 Å². The van der Waals surface area contributed by atoms with Crippen LogP contribution >= 0.6 is 23.4 Å². The zero-order valence-corrected chi connectivity index (χ0v) is 20.4. The Morgan fingerprint density at radius 2 is 2.03 bits per heavy atom. The van der Waals surface area contributed by atoms with Gasteiger partial charge in [-0.3, -0.25) is 14.9 Å². The number of thioether (sulfide) groups is 1. The summed E-state index contributed by atoms with van der Waals surface area (Å²) in [5.41, 5.74) is 1.82. The van der Waals surface area contributed by atoms with Crippen molar-refractivity contribution >= 4 is 35.2 Å². The number of amides is 2. The zero-order valence-electron chi connectivity index (χ0n) is 18.8. The Balaban J connectivity index is 1.03. The Morgan fingerprint density at radius 3 is 2.76 bits per heavy atom. The summed E-state index contributed by atoms with van der Waals surface area (Å²) in [7, 11) is 0.